The number of aliphatic hydroxyl groups is 1. The van der Waals surface area contributed by atoms with Gasteiger partial charge in [-0.25, -0.2) is 14.8 Å². The van der Waals surface area contributed by atoms with Crippen molar-refractivity contribution in [3.05, 3.63) is 48.2 Å². The number of aliphatic hydroxyl groups excluding tert-OH is 1. The third kappa shape index (κ3) is 3.13. The molecule has 2 aromatic heterocycles. The second kappa shape index (κ2) is 6.79. The molecule has 3 aromatic rings. The van der Waals surface area contributed by atoms with Crippen LogP contribution in [-0.2, 0) is 16.6 Å². The number of carbonyl (C=O) groups excluding carboxylic acids is 1. The van der Waals surface area contributed by atoms with Crippen molar-refractivity contribution in [2.75, 3.05) is 12.9 Å². The van der Waals surface area contributed by atoms with Crippen molar-refractivity contribution >= 4 is 34.3 Å². The number of aromatic amines is 1. The normalized spacial score (nSPS) is 12.2. The predicted octanol–water partition coefficient (Wildman–Crippen LogP) is 2.53. The first kappa shape index (κ1) is 16.1. The molecule has 0 radical (unpaired) electrons. The summed E-state index contributed by atoms with van der Waals surface area (Å²) >= 11 is 1.31. The summed E-state index contributed by atoms with van der Waals surface area (Å²) < 4.78 is 6.63. The Labute approximate surface area is 142 Å². The number of ether oxygens (including phenoxy) is 1. The number of rotatable bonds is 5. The van der Waals surface area contributed by atoms with Crippen molar-refractivity contribution < 1.29 is 14.6 Å². The van der Waals surface area contributed by atoms with Gasteiger partial charge < -0.3 is 19.4 Å². The van der Waals surface area contributed by atoms with E-state index in [1.807, 2.05) is 42.1 Å². The lowest BCUT2D eigenvalue weighted by atomic mass is 10.2. The molecule has 0 unspecified atom stereocenters. The molecule has 8 heteroatoms. The number of aromatic nitrogens is 4. The smallest absolute Gasteiger partial charge is 0.345 e. The van der Waals surface area contributed by atoms with E-state index < -0.39 is 5.97 Å². The molecule has 1 aromatic carbocycles. The lowest BCUT2D eigenvalue weighted by molar-refractivity contribution is -0.133. The van der Waals surface area contributed by atoms with E-state index in [-0.39, 0.29) is 22.9 Å². The molecular weight excluding hydrogens is 328 g/mol. The van der Waals surface area contributed by atoms with Crippen molar-refractivity contribution in [2.45, 2.75) is 5.16 Å². The summed E-state index contributed by atoms with van der Waals surface area (Å²) in [6.45, 7) is 0. The maximum atomic E-state index is 12.1. The fourth-order valence-electron chi connectivity index (χ4n) is 2.22. The van der Waals surface area contributed by atoms with Crippen LogP contribution in [0.1, 0.15) is 5.82 Å². The highest BCUT2D eigenvalue weighted by molar-refractivity contribution is 7.99. The number of carbonyl (C=O) groups is 1. The van der Waals surface area contributed by atoms with Gasteiger partial charge in [-0.2, -0.15) is 0 Å². The fraction of sp³-hybridized carbons (Fsp3) is 0.188. The molecule has 0 aliphatic rings. The van der Waals surface area contributed by atoms with E-state index in [9.17, 15) is 9.90 Å². The molecule has 0 fully saturated rings. The summed E-state index contributed by atoms with van der Waals surface area (Å²) in [7, 11) is 3.13. The topological polar surface area (TPSA) is 93.0 Å². The maximum absolute atomic E-state index is 12.1. The van der Waals surface area contributed by atoms with E-state index >= 15 is 0 Å². The number of para-hydroxylation sites is 2. The van der Waals surface area contributed by atoms with Gasteiger partial charge in [0.05, 0.1) is 23.9 Å². The second-order valence-electron chi connectivity index (χ2n) is 5.03. The van der Waals surface area contributed by atoms with Gasteiger partial charge in [-0.05, 0) is 12.1 Å². The highest BCUT2D eigenvalue weighted by Gasteiger charge is 2.22. The number of H-pyrrole nitrogens is 1. The van der Waals surface area contributed by atoms with E-state index in [1.165, 1.54) is 18.9 Å². The van der Waals surface area contributed by atoms with Gasteiger partial charge in [0.2, 0.25) is 0 Å². The molecule has 3 rings (SSSR count). The van der Waals surface area contributed by atoms with Gasteiger partial charge in [0.25, 0.3) is 0 Å². The predicted molar refractivity (Wildman–Crippen MR) is 91.6 cm³/mol. The maximum Gasteiger partial charge on any atom is 0.345 e. The molecular formula is C16H16N4O3S. The number of hydrogen-bond acceptors (Lipinski definition) is 6. The zero-order valence-electron chi connectivity index (χ0n) is 13.2. The van der Waals surface area contributed by atoms with Crippen molar-refractivity contribution in [1.29, 1.82) is 0 Å². The van der Waals surface area contributed by atoms with Gasteiger partial charge in [-0.1, -0.05) is 23.9 Å². The minimum Gasteiger partial charge on any atom is -0.510 e. The first-order valence-corrected chi connectivity index (χ1v) is 8.14. The summed E-state index contributed by atoms with van der Waals surface area (Å²) in [6, 6.07) is 7.39. The number of thioether (sulfide) groups is 1. The first-order chi connectivity index (χ1) is 11.6. The van der Waals surface area contributed by atoms with Crippen molar-refractivity contribution in [1.82, 2.24) is 19.5 Å². The van der Waals surface area contributed by atoms with E-state index in [0.29, 0.717) is 5.52 Å². The number of benzene rings is 1. The van der Waals surface area contributed by atoms with Crippen LogP contribution in [0.5, 0.6) is 0 Å². The number of methoxy groups -OCH3 is 1. The molecule has 2 heterocycles. The summed E-state index contributed by atoms with van der Waals surface area (Å²) in [5.41, 5.74) is 1.51. The highest BCUT2D eigenvalue weighted by Crippen LogP contribution is 2.24. The second-order valence-corrected chi connectivity index (χ2v) is 5.97. The van der Waals surface area contributed by atoms with Gasteiger partial charge in [0.1, 0.15) is 17.2 Å². The Balaban J connectivity index is 1.95. The first-order valence-electron chi connectivity index (χ1n) is 7.16. The third-order valence-corrected chi connectivity index (χ3v) is 4.49. The molecule has 0 aliphatic carbocycles. The minimum atomic E-state index is -0.646. The van der Waals surface area contributed by atoms with Crippen LogP contribution in [0.15, 0.2) is 47.6 Å². The van der Waals surface area contributed by atoms with Crippen LogP contribution >= 0.6 is 11.8 Å². The zero-order valence-corrected chi connectivity index (χ0v) is 14.0. The van der Waals surface area contributed by atoms with Crippen LogP contribution in [0.3, 0.4) is 0 Å². The Bertz CT molecular complexity index is 880. The Morgan fingerprint density at radius 2 is 2.21 bits per heavy atom. The number of esters is 1. The van der Waals surface area contributed by atoms with Crippen LogP contribution in [0, 0.1) is 0 Å². The number of nitrogens with zero attached hydrogens (tertiary/aromatic N) is 3. The largest absolute Gasteiger partial charge is 0.510 e. The zero-order chi connectivity index (χ0) is 17.1. The Morgan fingerprint density at radius 1 is 1.42 bits per heavy atom. The molecule has 0 bridgehead atoms. The highest BCUT2D eigenvalue weighted by atomic mass is 32.2. The van der Waals surface area contributed by atoms with Gasteiger partial charge in [-0.3, -0.25) is 0 Å². The molecule has 7 nitrogen and oxygen atoms in total. The molecule has 124 valence electrons. The van der Waals surface area contributed by atoms with Gasteiger partial charge >= 0.3 is 5.97 Å². The van der Waals surface area contributed by atoms with Crippen LogP contribution < -0.4 is 0 Å². The molecule has 24 heavy (non-hydrogen) atoms. The van der Waals surface area contributed by atoms with E-state index in [4.69, 9.17) is 4.74 Å². The number of imidazole rings is 2. The molecule has 0 atom stereocenters. The molecule has 0 amide bonds. The summed E-state index contributed by atoms with van der Waals surface area (Å²) in [5.74, 6) is -0.311. The quantitative estimate of drug-likeness (QED) is 0.320. The third-order valence-electron chi connectivity index (χ3n) is 3.42. The lowest BCUT2D eigenvalue weighted by Gasteiger charge is -2.07. The molecule has 0 spiro atoms. The average Bonchev–Trinajstić information content (AvgIpc) is 3.18. The Hall–Kier alpha value is -2.74. The van der Waals surface area contributed by atoms with Crippen LogP contribution in [0.4, 0.5) is 0 Å². The van der Waals surface area contributed by atoms with Crippen LogP contribution in [0.25, 0.3) is 16.6 Å². The summed E-state index contributed by atoms with van der Waals surface area (Å²) in [6.07, 6.45) is 3.48. The van der Waals surface area contributed by atoms with Crippen LogP contribution in [-0.4, -0.2) is 43.5 Å². The molecule has 0 aliphatic heterocycles. The van der Waals surface area contributed by atoms with Crippen molar-refractivity contribution in [3.8, 4) is 0 Å². The minimum absolute atomic E-state index is 0.0235. The molecule has 0 saturated heterocycles. The van der Waals surface area contributed by atoms with Gasteiger partial charge in [0.15, 0.2) is 5.16 Å². The van der Waals surface area contributed by atoms with Crippen molar-refractivity contribution in [3.63, 3.8) is 0 Å². The number of aryl methyl sites for hydroxylation is 1. The van der Waals surface area contributed by atoms with E-state index in [2.05, 4.69) is 15.0 Å². The summed E-state index contributed by atoms with van der Waals surface area (Å²) in [5, 5.41) is 11.2. The number of nitrogens with one attached hydrogen (secondary N) is 1. The van der Waals surface area contributed by atoms with Crippen molar-refractivity contribution in [2.24, 2.45) is 7.05 Å². The number of hydrogen-bond donors (Lipinski definition) is 2. The Kier molecular flexibility index (Phi) is 4.57. The monoisotopic (exact) mass is 344 g/mol. The SMILES string of the molecule is COC(=O)/C(=C(/O)CSc1nccn1C)c1nc2ccccc2[nH]1. The molecule has 0 saturated carbocycles. The number of fused-ring (bicyclic) bond motifs is 1. The van der Waals surface area contributed by atoms with Gasteiger partial charge in [-0.15, -0.1) is 0 Å². The van der Waals surface area contributed by atoms with Crippen LogP contribution in [0.2, 0.25) is 0 Å². The lowest BCUT2D eigenvalue weighted by Crippen LogP contribution is -2.10. The fourth-order valence-corrected chi connectivity index (χ4v) is 3.03. The molecule has 2 N–H and O–H groups in total. The van der Waals surface area contributed by atoms with E-state index in [0.717, 1.165) is 10.7 Å². The Morgan fingerprint density at radius 3 is 2.88 bits per heavy atom. The standard InChI is InChI=1S/C16H16N4O3S/c1-20-8-7-17-16(20)24-9-12(21)13(15(22)23-2)14-18-10-5-3-4-6-11(10)19-14/h3-8,21H,9H2,1-2H3,(H,18,19)/b13-12+. The average molecular weight is 344 g/mol. The van der Waals surface area contributed by atoms with Gasteiger partial charge in [0, 0.05) is 19.4 Å². The summed E-state index contributed by atoms with van der Waals surface area (Å²) in [4.78, 5) is 23.7. The van der Waals surface area contributed by atoms with E-state index in [1.54, 1.807) is 6.20 Å².